The summed E-state index contributed by atoms with van der Waals surface area (Å²) in [7, 11) is 0. The molecule has 0 aromatic rings. The Bertz CT molecular complexity index is 473. The van der Waals surface area contributed by atoms with Gasteiger partial charge in [-0.15, -0.1) is 0 Å². The zero-order valence-corrected chi connectivity index (χ0v) is 22.3. The third-order valence-corrected chi connectivity index (χ3v) is 6.73. The van der Waals surface area contributed by atoms with Crippen molar-refractivity contribution in [2.24, 2.45) is 0 Å². The van der Waals surface area contributed by atoms with Crippen LogP contribution in [0.15, 0.2) is 0 Å². The van der Waals surface area contributed by atoms with Gasteiger partial charge in [-0.2, -0.15) is 0 Å². The van der Waals surface area contributed by atoms with Crippen LogP contribution in [0.2, 0.25) is 0 Å². The Hall–Kier alpha value is -1.10. The molecule has 1 heterocycles. The number of carbonyl (C=O) groups is 2. The highest BCUT2D eigenvalue weighted by Crippen LogP contribution is 2.14. The first kappa shape index (κ1) is 30.9. The van der Waals surface area contributed by atoms with Gasteiger partial charge in [-0.05, 0) is 32.1 Å². The molecule has 0 amide bonds. The van der Waals surface area contributed by atoms with Gasteiger partial charge in [-0.1, -0.05) is 103 Å². The zero-order valence-electron chi connectivity index (χ0n) is 22.3. The number of hydrogen-bond donors (Lipinski definition) is 0. The van der Waals surface area contributed by atoms with Crippen LogP contribution in [-0.4, -0.2) is 37.9 Å². The molecule has 1 aliphatic rings. The Balaban J connectivity index is 1.73. The van der Waals surface area contributed by atoms with Gasteiger partial charge in [0.2, 0.25) is 0 Å². The number of rotatable bonds is 24. The predicted molar refractivity (Wildman–Crippen MR) is 139 cm³/mol. The molecule has 0 N–H and O–H groups in total. The van der Waals surface area contributed by atoms with E-state index in [0.29, 0.717) is 26.1 Å². The van der Waals surface area contributed by atoms with Crippen molar-refractivity contribution in [3.8, 4) is 0 Å². The summed E-state index contributed by atoms with van der Waals surface area (Å²) in [5, 5.41) is 0. The van der Waals surface area contributed by atoms with Crippen LogP contribution in [0.4, 0.5) is 0 Å². The van der Waals surface area contributed by atoms with Crippen LogP contribution in [0.25, 0.3) is 0 Å². The van der Waals surface area contributed by atoms with Gasteiger partial charge in [-0.3, -0.25) is 9.59 Å². The third kappa shape index (κ3) is 20.3. The SMILES string of the molecule is CCCCCCCCCCCCCCOC(=O)CCCCCCCCC(=O)OCC1CCCO1. The lowest BCUT2D eigenvalue weighted by Crippen LogP contribution is -2.17. The largest absolute Gasteiger partial charge is 0.466 e. The van der Waals surface area contributed by atoms with Gasteiger partial charge >= 0.3 is 11.9 Å². The summed E-state index contributed by atoms with van der Waals surface area (Å²) >= 11 is 0. The van der Waals surface area contributed by atoms with Gasteiger partial charge in [0.1, 0.15) is 6.61 Å². The topological polar surface area (TPSA) is 61.8 Å². The number of esters is 2. The summed E-state index contributed by atoms with van der Waals surface area (Å²) in [5.41, 5.74) is 0. The standard InChI is InChI=1S/C29H54O5/c1-2-3-4-5-6-7-8-9-10-13-16-19-24-33-28(30)22-17-14-11-12-15-18-23-29(31)34-26-27-21-20-25-32-27/h27H,2-26H2,1H3. The molecular weight excluding hydrogens is 428 g/mol. The lowest BCUT2D eigenvalue weighted by molar-refractivity contribution is -0.147. The summed E-state index contributed by atoms with van der Waals surface area (Å²) in [6.07, 6.45) is 25.1. The van der Waals surface area contributed by atoms with Gasteiger partial charge in [0, 0.05) is 19.4 Å². The van der Waals surface area contributed by atoms with E-state index in [1.807, 2.05) is 0 Å². The van der Waals surface area contributed by atoms with Crippen LogP contribution >= 0.6 is 0 Å². The Morgan fingerprint density at radius 1 is 0.647 bits per heavy atom. The molecular formula is C29H54O5. The van der Waals surface area contributed by atoms with Gasteiger partial charge < -0.3 is 14.2 Å². The Labute approximate surface area is 210 Å². The maximum Gasteiger partial charge on any atom is 0.305 e. The monoisotopic (exact) mass is 482 g/mol. The number of hydrogen-bond acceptors (Lipinski definition) is 5. The van der Waals surface area contributed by atoms with E-state index in [-0.39, 0.29) is 18.0 Å². The predicted octanol–water partition coefficient (Wildman–Crippen LogP) is 8.07. The Morgan fingerprint density at radius 2 is 1.12 bits per heavy atom. The van der Waals surface area contributed by atoms with Crippen LogP contribution < -0.4 is 0 Å². The molecule has 0 aromatic heterocycles. The molecule has 34 heavy (non-hydrogen) atoms. The fourth-order valence-electron chi connectivity index (χ4n) is 4.48. The highest BCUT2D eigenvalue weighted by molar-refractivity contribution is 5.69. The minimum atomic E-state index is -0.105. The van der Waals surface area contributed by atoms with E-state index in [2.05, 4.69) is 6.92 Å². The first-order valence-corrected chi connectivity index (χ1v) is 14.6. The van der Waals surface area contributed by atoms with Crippen LogP contribution in [0.3, 0.4) is 0 Å². The van der Waals surface area contributed by atoms with Crippen molar-refractivity contribution in [3.63, 3.8) is 0 Å². The van der Waals surface area contributed by atoms with Gasteiger partial charge in [0.15, 0.2) is 0 Å². The van der Waals surface area contributed by atoms with Crippen molar-refractivity contribution in [3.05, 3.63) is 0 Å². The normalized spacial score (nSPS) is 15.5. The molecule has 200 valence electrons. The van der Waals surface area contributed by atoms with Crippen molar-refractivity contribution in [1.82, 2.24) is 0 Å². The molecule has 1 atom stereocenters. The van der Waals surface area contributed by atoms with E-state index in [0.717, 1.165) is 64.4 Å². The Kier molecular flexibility index (Phi) is 21.5. The maximum atomic E-state index is 11.8. The number of unbranched alkanes of at least 4 members (excludes halogenated alkanes) is 16. The highest BCUT2D eigenvalue weighted by atomic mass is 16.6. The van der Waals surface area contributed by atoms with Crippen molar-refractivity contribution in [1.29, 1.82) is 0 Å². The van der Waals surface area contributed by atoms with E-state index in [1.54, 1.807) is 0 Å². The van der Waals surface area contributed by atoms with Gasteiger partial charge in [0.25, 0.3) is 0 Å². The average Bonchev–Trinajstić information content (AvgIpc) is 3.36. The maximum absolute atomic E-state index is 11.8. The second-order valence-electron chi connectivity index (χ2n) is 10.0. The van der Waals surface area contributed by atoms with Crippen molar-refractivity contribution in [2.45, 2.75) is 154 Å². The molecule has 5 heteroatoms. The second kappa shape index (κ2) is 23.6. The van der Waals surface area contributed by atoms with E-state index < -0.39 is 0 Å². The molecule has 0 radical (unpaired) electrons. The second-order valence-corrected chi connectivity index (χ2v) is 10.0. The van der Waals surface area contributed by atoms with Gasteiger partial charge in [-0.25, -0.2) is 0 Å². The van der Waals surface area contributed by atoms with E-state index in [9.17, 15) is 9.59 Å². The van der Waals surface area contributed by atoms with E-state index in [1.165, 1.54) is 70.6 Å². The molecule has 5 nitrogen and oxygen atoms in total. The molecule has 1 aliphatic heterocycles. The van der Waals surface area contributed by atoms with Crippen LogP contribution in [0.5, 0.6) is 0 Å². The summed E-state index contributed by atoms with van der Waals surface area (Å²) in [4.78, 5) is 23.5. The molecule has 1 unspecified atom stereocenters. The number of carbonyl (C=O) groups excluding carboxylic acids is 2. The third-order valence-electron chi connectivity index (χ3n) is 6.73. The fraction of sp³-hybridized carbons (Fsp3) is 0.931. The molecule has 0 saturated carbocycles. The summed E-state index contributed by atoms with van der Waals surface area (Å²) < 4.78 is 16.1. The summed E-state index contributed by atoms with van der Waals surface area (Å²) in [5.74, 6) is -0.150. The molecule has 1 saturated heterocycles. The smallest absolute Gasteiger partial charge is 0.305 e. The highest BCUT2D eigenvalue weighted by Gasteiger charge is 2.17. The lowest BCUT2D eigenvalue weighted by Gasteiger charge is -2.10. The molecule has 1 rings (SSSR count). The van der Waals surface area contributed by atoms with E-state index in [4.69, 9.17) is 14.2 Å². The molecule has 0 aromatic carbocycles. The van der Waals surface area contributed by atoms with Gasteiger partial charge in [0.05, 0.1) is 12.7 Å². The van der Waals surface area contributed by atoms with Crippen molar-refractivity contribution < 1.29 is 23.8 Å². The van der Waals surface area contributed by atoms with Crippen LogP contribution in [-0.2, 0) is 23.8 Å². The molecule has 0 bridgehead atoms. The first-order valence-electron chi connectivity index (χ1n) is 14.6. The van der Waals surface area contributed by atoms with Crippen molar-refractivity contribution in [2.75, 3.05) is 19.8 Å². The minimum Gasteiger partial charge on any atom is -0.466 e. The average molecular weight is 483 g/mol. The molecule has 1 fully saturated rings. The summed E-state index contributed by atoms with van der Waals surface area (Å²) in [6, 6.07) is 0. The minimum absolute atomic E-state index is 0.0444. The molecule has 0 aliphatic carbocycles. The van der Waals surface area contributed by atoms with Crippen molar-refractivity contribution >= 4 is 11.9 Å². The zero-order chi connectivity index (χ0) is 24.5. The summed E-state index contributed by atoms with van der Waals surface area (Å²) in [6.45, 7) is 4.05. The lowest BCUT2D eigenvalue weighted by atomic mass is 10.1. The first-order chi connectivity index (χ1) is 16.7. The van der Waals surface area contributed by atoms with E-state index >= 15 is 0 Å². The fourth-order valence-corrected chi connectivity index (χ4v) is 4.48. The molecule has 0 spiro atoms. The Morgan fingerprint density at radius 3 is 1.62 bits per heavy atom. The van der Waals surface area contributed by atoms with Crippen LogP contribution in [0.1, 0.15) is 148 Å². The van der Waals surface area contributed by atoms with Crippen LogP contribution in [0, 0.1) is 0 Å². The quantitative estimate of drug-likeness (QED) is 0.103. The number of ether oxygens (including phenoxy) is 3.